The number of rotatable bonds is 5. The standard InChI is InChI=1S/C18H19N3O2/c1-11-15(12(2)22-20-11)10-16-19-18(21-23-16)17(14-8-9-14)13-6-4-3-5-7-13/h3-7,14,17H,8-10H2,1-2H3. The fraction of sp³-hybridized carbons (Fsp3) is 0.389. The molecule has 5 nitrogen and oxygen atoms in total. The van der Waals surface area contributed by atoms with Crippen LogP contribution in [0.1, 0.15) is 53.1 Å². The predicted molar refractivity (Wildman–Crippen MR) is 84.1 cm³/mol. The Morgan fingerprint density at radius 2 is 1.87 bits per heavy atom. The van der Waals surface area contributed by atoms with Gasteiger partial charge in [0.05, 0.1) is 18.0 Å². The molecule has 2 heterocycles. The molecule has 1 aliphatic carbocycles. The summed E-state index contributed by atoms with van der Waals surface area (Å²) >= 11 is 0. The average Bonchev–Trinajstić information content (AvgIpc) is 3.21. The molecule has 118 valence electrons. The third-order valence-electron chi connectivity index (χ3n) is 4.52. The van der Waals surface area contributed by atoms with Gasteiger partial charge in [-0.3, -0.25) is 0 Å². The minimum Gasteiger partial charge on any atom is -0.361 e. The van der Waals surface area contributed by atoms with Gasteiger partial charge in [-0.25, -0.2) is 0 Å². The molecule has 0 radical (unpaired) electrons. The second-order valence-electron chi connectivity index (χ2n) is 6.25. The fourth-order valence-electron chi connectivity index (χ4n) is 3.09. The zero-order valence-electron chi connectivity index (χ0n) is 13.3. The molecule has 0 amide bonds. The smallest absolute Gasteiger partial charge is 0.231 e. The van der Waals surface area contributed by atoms with E-state index in [0.717, 1.165) is 22.8 Å². The lowest BCUT2D eigenvalue weighted by molar-refractivity contribution is 0.373. The minimum absolute atomic E-state index is 0.235. The summed E-state index contributed by atoms with van der Waals surface area (Å²) in [6, 6.07) is 10.5. The first-order chi connectivity index (χ1) is 11.2. The molecular weight excluding hydrogens is 290 g/mol. The van der Waals surface area contributed by atoms with Crippen LogP contribution in [0, 0.1) is 19.8 Å². The Balaban J connectivity index is 1.61. The largest absolute Gasteiger partial charge is 0.361 e. The van der Waals surface area contributed by atoms with Gasteiger partial charge in [0.1, 0.15) is 5.76 Å². The molecule has 1 aromatic carbocycles. The Labute approximate surface area is 134 Å². The van der Waals surface area contributed by atoms with Crippen molar-refractivity contribution >= 4 is 0 Å². The molecule has 0 saturated heterocycles. The first-order valence-corrected chi connectivity index (χ1v) is 8.01. The van der Waals surface area contributed by atoms with E-state index in [2.05, 4.69) is 39.6 Å². The van der Waals surface area contributed by atoms with Crippen molar-refractivity contribution < 1.29 is 9.05 Å². The van der Waals surface area contributed by atoms with E-state index in [0.29, 0.717) is 18.2 Å². The van der Waals surface area contributed by atoms with Crippen LogP contribution in [0.3, 0.4) is 0 Å². The van der Waals surface area contributed by atoms with Gasteiger partial charge in [0.15, 0.2) is 5.82 Å². The summed E-state index contributed by atoms with van der Waals surface area (Å²) in [5.74, 6) is 3.08. The van der Waals surface area contributed by atoms with Gasteiger partial charge in [0.25, 0.3) is 0 Å². The molecule has 3 aromatic rings. The fourth-order valence-corrected chi connectivity index (χ4v) is 3.09. The summed E-state index contributed by atoms with van der Waals surface area (Å²) < 4.78 is 10.7. The van der Waals surface area contributed by atoms with Crippen LogP contribution in [0.15, 0.2) is 39.4 Å². The number of aromatic nitrogens is 3. The molecule has 1 atom stereocenters. The molecule has 1 aliphatic rings. The van der Waals surface area contributed by atoms with E-state index in [1.54, 1.807) is 0 Å². The monoisotopic (exact) mass is 309 g/mol. The second kappa shape index (κ2) is 5.65. The lowest BCUT2D eigenvalue weighted by Gasteiger charge is -2.11. The summed E-state index contributed by atoms with van der Waals surface area (Å²) in [7, 11) is 0. The van der Waals surface area contributed by atoms with Crippen LogP contribution < -0.4 is 0 Å². The quantitative estimate of drug-likeness (QED) is 0.717. The lowest BCUT2D eigenvalue weighted by atomic mass is 9.93. The van der Waals surface area contributed by atoms with Crippen molar-refractivity contribution in [1.29, 1.82) is 0 Å². The first-order valence-electron chi connectivity index (χ1n) is 8.01. The Morgan fingerprint density at radius 3 is 2.52 bits per heavy atom. The molecule has 5 heteroatoms. The van der Waals surface area contributed by atoms with E-state index in [1.165, 1.54) is 18.4 Å². The van der Waals surface area contributed by atoms with E-state index in [9.17, 15) is 0 Å². The Hall–Kier alpha value is -2.43. The second-order valence-corrected chi connectivity index (χ2v) is 6.25. The SMILES string of the molecule is Cc1noc(C)c1Cc1nc(C(c2ccccc2)C2CC2)no1. The van der Waals surface area contributed by atoms with Gasteiger partial charge < -0.3 is 9.05 Å². The van der Waals surface area contributed by atoms with Crippen molar-refractivity contribution in [2.24, 2.45) is 5.92 Å². The van der Waals surface area contributed by atoms with Crippen molar-refractivity contribution in [1.82, 2.24) is 15.3 Å². The van der Waals surface area contributed by atoms with Crippen molar-refractivity contribution in [3.05, 3.63) is 64.6 Å². The van der Waals surface area contributed by atoms with Crippen LogP contribution in [0.5, 0.6) is 0 Å². The van der Waals surface area contributed by atoms with E-state index >= 15 is 0 Å². The minimum atomic E-state index is 0.235. The third-order valence-corrected chi connectivity index (χ3v) is 4.52. The van der Waals surface area contributed by atoms with Gasteiger partial charge >= 0.3 is 0 Å². The van der Waals surface area contributed by atoms with E-state index < -0.39 is 0 Å². The van der Waals surface area contributed by atoms with E-state index in [1.807, 2.05) is 19.9 Å². The van der Waals surface area contributed by atoms with Crippen molar-refractivity contribution in [3.63, 3.8) is 0 Å². The van der Waals surface area contributed by atoms with E-state index in [4.69, 9.17) is 9.05 Å². The molecule has 1 saturated carbocycles. The molecule has 1 fully saturated rings. The predicted octanol–water partition coefficient (Wildman–Crippen LogP) is 3.81. The number of hydrogen-bond acceptors (Lipinski definition) is 5. The highest BCUT2D eigenvalue weighted by Crippen LogP contribution is 2.45. The zero-order chi connectivity index (χ0) is 15.8. The number of benzene rings is 1. The summed E-state index contributed by atoms with van der Waals surface area (Å²) in [6.07, 6.45) is 3.03. The highest BCUT2D eigenvalue weighted by atomic mass is 16.5. The normalized spacial score (nSPS) is 15.7. The van der Waals surface area contributed by atoms with Crippen molar-refractivity contribution in [2.75, 3.05) is 0 Å². The van der Waals surface area contributed by atoms with Crippen LogP contribution in [0.4, 0.5) is 0 Å². The van der Waals surface area contributed by atoms with Gasteiger partial charge in [-0.15, -0.1) is 0 Å². The molecule has 23 heavy (non-hydrogen) atoms. The average molecular weight is 309 g/mol. The van der Waals surface area contributed by atoms with E-state index in [-0.39, 0.29) is 5.92 Å². The maximum Gasteiger partial charge on any atom is 0.231 e. The molecule has 0 N–H and O–H groups in total. The van der Waals surface area contributed by atoms with Gasteiger partial charge in [0.2, 0.25) is 5.89 Å². The Morgan fingerprint density at radius 1 is 1.09 bits per heavy atom. The number of nitrogens with zero attached hydrogens (tertiary/aromatic N) is 3. The first kappa shape index (κ1) is 14.2. The highest BCUT2D eigenvalue weighted by Gasteiger charge is 2.36. The summed E-state index contributed by atoms with van der Waals surface area (Å²) in [5.41, 5.74) is 3.17. The number of hydrogen-bond donors (Lipinski definition) is 0. The van der Waals surface area contributed by atoms with Gasteiger partial charge in [-0.2, -0.15) is 4.98 Å². The van der Waals surface area contributed by atoms with Crippen LogP contribution >= 0.6 is 0 Å². The van der Waals surface area contributed by atoms with Crippen molar-refractivity contribution in [3.8, 4) is 0 Å². The molecule has 4 rings (SSSR count). The van der Waals surface area contributed by atoms with Gasteiger partial charge in [0, 0.05) is 5.56 Å². The molecular formula is C18H19N3O2. The summed E-state index contributed by atoms with van der Waals surface area (Å²) in [5, 5.41) is 8.23. The van der Waals surface area contributed by atoms with Crippen LogP contribution in [-0.4, -0.2) is 15.3 Å². The van der Waals surface area contributed by atoms with Crippen molar-refractivity contribution in [2.45, 2.75) is 39.0 Å². The molecule has 0 bridgehead atoms. The number of aryl methyl sites for hydroxylation is 2. The maximum atomic E-state index is 5.50. The topological polar surface area (TPSA) is 65.0 Å². The van der Waals surface area contributed by atoms with Gasteiger partial charge in [-0.1, -0.05) is 40.6 Å². The van der Waals surface area contributed by atoms with Crippen LogP contribution in [-0.2, 0) is 6.42 Å². The van der Waals surface area contributed by atoms with Crippen LogP contribution in [0.2, 0.25) is 0 Å². The Kier molecular flexibility index (Phi) is 3.48. The van der Waals surface area contributed by atoms with Gasteiger partial charge in [-0.05, 0) is 38.2 Å². The zero-order valence-corrected chi connectivity index (χ0v) is 13.3. The molecule has 0 aliphatic heterocycles. The highest BCUT2D eigenvalue weighted by molar-refractivity contribution is 5.29. The lowest BCUT2D eigenvalue weighted by Crippen LogP contribution is -2.05. The van der Waals surface area contributed by atoms with Crippen LogP contribution in [0.25, 0.3) is 0 Å². The maximum absolute atomic E-state index is 5.50. The molecule has 2 aromatic heterocycles. The summed E-state index contributed by atoms with van der Waals surface area (Å²) in [6.45, 7) is 3.84. The summed E-state index contributed by atoms with van der Waals surface area (Å²) in [4.78, 5) is 4.66. The Bertz CT molecular complexity index is 783. The third kappa shape index (κ3) is 2.79. The molecule has 1 unspecified atom stereocenters. The molecule has 0 spiro atoms.